The zero-order valence-corrected chi connectivity index (χ0v) is 40.7. The Morgan fingerprint density at radius 1 is 0.815 bits per heavy atom. The van der Waals surface area contributed by atoms with Crippen LogP contribution in [0.25, 0.3) is 0 Å². The summed E-state index contributed by atoms with van der Waals surface area (Å²) in [7, 11) is 4.54. The SMILES string of the molecule is COC1CC2CCC(C)C(O)(O2)C(=O)C(=O)C2CCCCC2C(=O)OC(C(C)CC2CCC(O)C(OC)C2)CC(=O)C(C)=CC(C)C(O)C(OC)C(=O)C(C)CC(C)C=CC=CC=C1C. The molecule has 16 unspecified atom stereocenters. The molecule has 2 bridgehead atoms. The lowest BCUT2D eigenvalue weighted by Gasteiger charge is -2.42. The van der Waals surface area contributed by atoms with Gasteiger partial charge in [-0.2, -0.15) is 0 Å². The number of rotatable bonds is 6. The molecule has 3 fully saturated rings. The van der Waals surface area contributed by atoms with Crippen LogP contribution in [0.15, 0.2) is 47.6 Å². The van der Waals surface area contributed by atoms with Gasteiger partial charge in [-0.1, -0.05) is 83.9 Å². The number of ether oxygens (including phenoxy) is 5. The van der Waals surface area contributed by atoms with E-state index in [0.29, 0.717) is 69.8 Å². The van der Waals surface area contributed by atoms with Crippen LogP contribution in [0.1, 0.15) is 132 Å². The molecule has 13 nitrogen and oxygen atoms in total. The second-order valence-corrected chi connectivity index (χ2v) is 20.0. The van der Waals surface area contributed by atoms with Gasteiger partial charge in [-0.15, -0.1) is 0 Å². The van der Waals surface area contributed by atoms with Crippen LogP contribution >= 0.6 is 0 Å². The number of aliphatic hydroxyl groups is 3. The number of methoxy groups -OCH3 is 3. The number of allylic oxidation sites excluding steroid dienone is 6. The van der Waals surface area contributed by atoms with E-state index in [1.54, 1.807) is 41.1 Å². The molecule has 0 radical (unpaired) electrons. The Morgan fingerprint density at radius 3 is 2.17 bits per heavy atom. The number of esters is 1. The highest BCUT2D eigenvalue weighted by atomic mass is 16.6. The molecule has 3 N–H and O–H groups in total. The summed E-state index contributed by atoms with van der Waals surface area (Å²) >= 11 is 0. The molecule has 0 aromatic heterocycles. The molecule has 366 valence electrons. The van der Waals surface area contributed by atoms with Crippen molar-refractivity contribution in [2.45, 2.75) is 180 Å². The summed E-state index contributed by atoms with van der Waals surface area (Å²) in [5.74, 6) is -9.51. The Hall–Kier alpha value is -3.17. The maximum Gasteiger partial charge on any atom is 0.309 e. The van der Waals surface area contributed by atoms with Crippen molar-refractivity contribution >= 4 is 29.1 Å². The minimum Gasteiger partial charge on any atom is -0.461 e. The largest absolute Gasteiger partial charge is 0.461 e. The molecule has 16 atom stereocenters. The predicted molar refractivity (Wildman–Crippen MR) is 246 cm³/mol. The van der Waals surface area contributed by atoms with Gasteiger partial charge in [0.25, 0.3) is 5.78 Å². The lowest BCUT2D eigenvalue weighted by atomic mass is 9.73. The number of carbonyl (C=O) groups excluding carboxylic acids is 5. The van der Waals surface area contributed by atoms with Gasteiger partial charge < -0.3 is 39.0 Å². The Kier molecular flexibility index (Phi) is 21.2. The van der Waals surface area contributed by atoms with Gasteiger partial charge in [0.1, 0.15) is 12.2 Å². The molecule has 0 aromatic carbocycles. The number of fused-ring (bicyclic) bond motifs is 3. The van der Waals surface area contributed by atoms with Crippen molar-refractivity contribution in [1.29, 1.82) is 0 Å². The third kappa shape index (κ3) is 14.4. The fraction of sp³-hybridized carbons (Fsp3) is 0.750. The molecule has 2 saturated carbocycles. The van der Waals surface area contributed by atoms with Crippen molar-refractivity contribution in [3.63, 3.8) is 0 Å². The van der Waals surface area contributed by atoms with Crippen molar-refractivity contribution in [3.05, 3.63) is 47.6 Å². The molecule has 0 amide bonds. The number of Topliss-reactive ketones (excluding diaryl/α,β-unsaturated/α-hetero) is 4. The minimum atomic E-state index is -2.39. The number of hydrogen-bond donors (Lipinski definition) is 3. The van der Waals surface area contributed by atoms with E-state index in [4.69, 9.17) is 23.7 Å². The van der Waals surface area contributed by atoms with Gasteiger partial charge in [0.15, 0.2) is 11.6 Å². The molecule has 0 spiro atoms. The lowest BCUT2D eigenvalue weighted by Crippen LogP contribution is -2.57. The second-order valence-electron chi connectivity index (χ2n) is 20.0. The average molecular weight is 913 g/mol. The summed E-state index contributed by atoms with van der Waals surface area (Å²) in [5.41, 5.74) is 1.21. The predicted octanol–water partition coefficient (Wildman–Crippen LogP) is 7.18. The van der Waals surface area contributed by atoms with E-state index in [-0.39, 0.29) is 48.3 Å². The second kappa shape index (κ2) is 25.3. The van der Waals surface area contributed by atoms with Gasteiger partial charge in [-0.25, -0.2) is 0 Å². The first-order valence-electron chi connectivity index (χ1n) is 24.2. The monoisotopic (exact) mass is 913 g/mol. The number of carbonyl (C=O) groups is 5. The van der Waals surface area contributed by atoms with Crippen molar-refractivity contribution in [3.8, 4) is 0 Å². The van der Waals surface area contributed by atoms with Gasteiger partial charge in [0.05, 0.1) is 36.4 Å². The first-order chi connectivity index (χ1) is 30.7. The molecule has 0 aromatic rings. The van der Waals surface area contributed by atoms with Crippen LogP contribution in [0.4, 0.5) is 0 Å². The summed E-state index contributed by atoms with van der Waals surface area (Å²) in [6, 6.07) is 0. The van der Waals surface area contributed by atoms with E-state index in [2.05, 4.69) is 0 Å². The van der Waals surface area contributed by atoms with Crippen LogP contribution in [-0.2, 0) is 47.7 Å². The van der Waals surface area contributed by atoms with Gasteiger partial charge in [0.2, 0.25) is 11.6 Å². The first kappa shape index (κ1) is 54.4. The van der Waals surface area contributed by atoms with Gasteiger partial charge in [0, 0.05) is 57.8 Å². The Bertz CT molecular complexity index is 1750. The van der Waals surface area contributed by atoms with Gasteiger partial charge >= 0.3 is 5.97 Å². The Morgan fingerprint density at radius 2 is 1.51 bits per heavy atom. The van der Waals surface area contributed by atoms with Crippen molar-refractivity contribution in [1.82, 2.24) is 0 Å². The Labute approximate surface area is 387 Å². The highest BCUT2D eigenvalue weighted by Crippen LogP contribution is 2.40. The molecule has 2 aliphatic carbocycles. The molecule has 4 aliphatic rings. The fourth-order valence-electron chi connectivity index (χ4n) is 10.5. The molecule has 2 heterocycles. The smallest absolute Gasteiger partial charge is 0.309 e. The van der Waals surface area contributed by atoms with Gasteiger partial charge in [-0.05, 0) is 101 Å². The summed E-state index contributed by atoms with van der Waals surface area (Å²) in [6.45, 7) is 12.7. The minimum absolute atomic E-state index is 0.0250. The number of cyclic esters (lactones) is 1. The summed E-state index contributed by atoms with van der Waals surface area (Å²) in [6.07, 6.45) is 11.9. The van der Waals surface area contributed by atoms with Crippen molar-refractivity contribution in [2.24, 2.45) is 47.3 Å². The molecular weight excluding hydrogens is 833 g/mol. The standard InChI is InChI=1S/C52H80O13/c1-30-16-12-11-13-17-31(2)43(61-8)28-38-22-20-36(7)52(60,65-38)50(58)48(57)39-18-14-15-19-40(39)51(59)64-44(33(4)26-37-21-23-41(53)45(27-37)62-9)29-42(54)32(3)25-35(6)47(56)49(63-10)46(55)34(5)24-30/h11-13,16-17,25,30,33-41,43-45,47,49,53,56,60H,14-15,18-24,26-29H2,1-10H3. The van der Waals surface area contributed by atoms with Crippen LogP contribution in [0, 0.1) is 47.3 Å². The zero-order valence-electron chi connectivity index (χ0n) is 40.7. The lowest BCUT2D eigenvalue weighted by molar-refractivity contribution is -0.265. The summed E-state index contributed by atoms with van der Waals surface area (Å²) in [4.78, 5) is 70.7. The Balaban J connectivity index is 1.70. The normalized spacial score (nSPS) is 38.9. The van der Waals surface area contributed by atoms with Crippen molar-refractivity contribution < 1.29 is 63.0 Å². The van der Waals surface area contributed by atoms with Crippen LogP contribution in [0.2, 0.25) is 0 Å². The highest BCUT2D eigenvalue weighted by Gasteiger charge is 2.53. The molecule has 13 heteroatoms. The molecule has 65 heavy (non-hydrogen) atoms. The highest BCUT2D eigenvalue weighted by molar-refractivity contribution is 6.41. The van der Waals surface area contributed by atoms with Crippen LogP contribution < -0.4 is 0 Å². The summed E-state index contributed by atoms with van der Waals surface area (Å²) in [5, 5.41) is 33.9. The molecule has 1 saturated heterocycles. The quantitative estimate of drug-likeness (QED) is 0.180. The third-order valence-corrected chi connectivity index (χ3v) is 14.9. The molecule has 2 aliphatic heterocycles. The maximum absolute atomic E-state index is 14.4. The maximum atomic E-state index is 14.4. The van der Waals surface area contributed by atoms with E-state index < -0.39 is 89.5 Å². The van der Waals surface area contributed by atoms with Gasteiger partial charge in [-0.3, -0.25) is 24.0 Å². The van der Waals surface area contributed by atoms with Crippen LogP contribution in [-0.4, -0.2) is 114 Å². The molecular formula is C52H80O13. The van der Waals surface area contributed by atoms with E-state index in [0.717, 1.165) is 12.0 Å². The topological polar surface area (TPSA) is 192 Å². The summed E-state index contributed by atoms with van der Waals surface area (Å²) < 4.78 is 29.5. The van der Waals surface area contributed by atoms with E-state index in [1.165, 1.54) is 7.11 Å². The van der Waals surface area contributed by atoms with Crippen LogP contribution in [0.3, 0.4) is 0 Å². The molecule has 4 rings (SSSR count). The van der Waals surface area contributed by atoms with Crippen molar-refractivity contribution in [2.75, 3.05) is 21.3 Å². The number of hydrogen-bond acceptors (Lipinski definition) is 13. The van der Waals surface area contributed by atoms with E-state index in [9.17, 15) is 39.3 Å². The average Bonchev–Trinajstić information content (AvgIpc) is 3.28. The zero-order chi connectivity index (χ0) is 48.2. The van der Waals surface area contributed by atoms with Crippen LogP contribution in [0.5, 0.6) is 0 Å². The fourth-order valence-corrected chi connectivity index (χ4v) is 10.5. The van der Waals surface area contributed by atoms with E-state index >= 15 is 0 Å². The van der Waals surface area contributed by atoms with E-state index in [1.807, 2.05) is 58.1 Å². The third-order valence-electron chi connectivity index (χ3n) is 14.9. The number of aliphatic hydroxyl groups excluding tert-OH is 2. The number of ketones is 4. The first-order valence-corrected chi connectivity index (χ1v) is 24.2.